The average molecular weight is 315 g/mol. The third kappa shape index (κ3) is 9.24. The Labute approximate surface area is 43.4 Å². The molecule has 4 heavy (non-hydrogen) atoms. The summed E-state index contributed by atoms with van der Waals surface area (Å²) in [6, 6.07) is 0. The van der Waals surface area contributed by atoms with Crippen molar-refractivity contribution < 1.29 is 0 Å². The molecule has 4 heteroatoms. The summed E-state index contributed by atoms with van der Waals surface area (Å²) in [5.74, 6) is 0. The summed E-state index contributed by atoms with van der Waals surface area (Å²) >= 11 is -2.11. The Balaban J connectivity index is 2.32. The zero-order valence-corrected chi connectivity index (χ0v) is 6.98. The molecule has 0 saturated heterocycles. The van der Waals surface area contributed by atoms with Gasteiger partial charge < -0.3 is 0 Å². The van der Waals surface area contributed by atoms with Gasteiger partial charge in [-0.3, -0.25) is 0 Å². The third-order valence-corrected chi connectivity index (χ3v) is 0. The van der Waals surface area contributed by atoms with Crippen molar-refractivity contribution in [2.75, 3.05) is 0 Å². The van der Waals surface area contributed by atoms with Gasteiger partial charge in [0, 0.05) is 0 Å². The molecule has 0 amide bonds. The van der Waals surface area contributed by atoms with Crippen molar-refractivity contribution in [3.63, 3.8) is 0 Å². The number of halogens is 3. The summed E-state index contributed by atoms with van der Waals surface area (Å²) in [5, 5.41) is 0. The van der Waals surface area contributed by atoms with Gasteiger partial charge in [0.25, 0.3) is 0 Å². The molecule has 0 bridgehead atoms. The van der Waals surface area contributed by atoms with E-state index in [-0.39, 0.29) is 0 Å². The fourth-order valence-electron chi connectivity index (χ4n) is 0. The van der Waals surface area contributed by atoms with Gasteiger partial charge >= 0.3 is 43.8 Å². The van der Waals surface area contributed by atoms with Gasteiger partial charge in [-0.15, -0.1) is 0 Å². The molecule has 0 saturated carbocycles. The van der Waals surface area contributed by atoms with Crippen molar-refractivity contribution >= 4 is 43.8 Å². The van der Waals surface area contributed by atoms with Crippen LogP contribution in [-0.4, -0.2) is 18.5 Å². The van der Waals surface area contributed by atoms with Gasteiger partial charge in [-0.05, 0) is 0 Å². The molecule has 1 radical (unpaired) electrons. The van der Waals surface area contributed by atoms with E-state index in [2.05, 4.69) is 0 Å². The molecule has 0 spiro atoms. The minimum absolute atomic E-state index is 2.11. The van der Waals surface area contributed by atoms with E-state index >= 15 is 0 Å². The Morgan fingerprint density at radius 2 is 1.00 bits per heavy atom. The van der Waals surface area contributed by atoms with E-state index in [9.17, 15) is 0 Å². The zero-order valence-electron chi connectivity index (χ0n) is 1.54. The van der Waals surface area contributed by atoms with Crippen LogP contribution in [0.4, 0.5) is 0 Å². The molecule has 0 heterocycles. The van der Waals surface area contributed by atoms with Crippen molar-refractivity contribution in [1.82, 2.24) is 0 Å². The molecule has 0 aliphatic carbocycles. The summed E-state index contributed by atoms with van der Waals surface area (Å²) in [4.78, 5) is 0. The monoisotopic (exact) mass is 314 g/mol. The van der Waals surface area contributed by atoms with Gasteiger partial charge in [0.15, 0.2) is 0 Å². The summed E-state index contributed by atoms with van der Waals surface area (Å²) in [6.07, 6.45) is 0. The van der Waals surface area contributed by atoms with Crippen LogP contribution in [0.3, 0.4) is 0 Å². The number of hydrogen-bond acceptors (Lipinski definition) is 0. The van der Waals surface area contributed by atoms with Gasteiger partial charge in [0.1, 0.15) is 0 Å². The SMILES string of the molecule is [Cl][Po]([Cl])[Cl]. The normalized spacial score (nSPS) is 9.00. The molecule has 0 atom stereocenters. The Morgan fingerprint density at radius 3 is 1.00 bits per heavy atom. The Hall–Kier alpha value is 1.77. The van der Waals surface area contributed by atoms with Crippen LogP contribution in [0.15, 0.2) is 0 Å². The van der Waals surface area contributed by atoms with Crippen molar-refractivity contribution in [3.05, 3.63) is 0 Å². The molecule has 0 aromatic rings. The molecule has 0 nitrogen and oxygen atoms in total. The minimum atomic E-state index is -2.11. The zero-order chi connectivity index (χ0) is 3.58. The number of hydrogen-bond donors (Lipinski definition) is 0. The molecular formula is Cl3Po. The Morgan fingerprint density at radius 1 is 1.00 bits per heavy atom. The van der Waals surface area contributed by atoms with Gasteiger partial charge in [-0.2, -0.15) is 0 Å². The van der Waals surface area contributed by atoms with Gasteiger partial charge in [0.2, 0.25) is 0 Å². The van der Waals surface area contributed by atoms with Crippen molar-refractivity contribution in [2.45, 2.75) is 0 Å². The molecule has 0 aliphatic heterocycles. The standard InChI is InChI=1S/3ClH.Po/h3*1H;/q;;;+3/p-3. The molecule has 0 unspecified atom stereocenters. The van der Waals surface area contributed by atoms with E-state index < -0.39 is 18.5 Å². The Kier molecular flexibility index (Phi) is 4.29. The number of rotatable bonds is 0. The molecule has 27 valence electrons. The van der Waals surface area contributed by atoms with E-state index in [1.807, 2.05) is 0 Å². The Bertz CT molecular complexity index is 8.00. The van der Waals surface area contributed by atoms with Gasteiger partial charge in [-0.25, -0.2) is 0 Å². The molecule has 0 aliphatic rings. The molecule has 0 N–H and O–H groups in total. The fourth-order valence-corrected chi connectivity index (χ4v) is 0. The first kappa shape index (κ1) is 5.77. The van der Waals surface area contributed by atoms with Crippen LogP contribution in [0, 0.1) is 0 Å². The first-order valence-corrected chi connectivity index (χ1v) is 12.2. The summed E-state index contributed by atoms with van der Waals surface area (Å²) < 4.78 is 0. The molecule has 0 fully saturated rings. The van der Waals surface area contributed by atoms with E-state index in [0.29, 0.717) is 0 Å². The third-order valence-electron chi connectivity index (χ3n) is 0. The quantitative estimate of drug-likeness (QED) is 0.638. The van der Waals surface area contributed by atoms with Crippen LogP contribution in [0.2, 0.25) is 0 Å². The second-order valence-corrected chi connectivity index (χ2v) is 13.8. The van der Waals surface area contributed by atoms with Crippen molar-refractivity contribution in [1.29, 1.82) is 0 Å². The maximum absolute atomic E-state index is 5.00. The fraction of sp³-hybridized carbons (Fsp3) is 0. The summed E-state index contributed by atoms with van der Waals surface area (Å²) in [7, 11) is 15.0. The van der Waals surface area contributed by atoms with E-state index in [1.54, 1.807) is 0 Å². The van der Waals surface area contributed by atoms with Crippen LogP contribution >= 0.6 is 25.3 Å². The van der Waals surface area contributed by atoms with E-state index in [1.165, 1.54) is 0 Å². The molecule has 0 aromatic heterocycles. The maximum atomic E-state index is 5.00. The van der Waals surface area contributed by atoms with E-state index in [0.717, 1.165) is 0 Å². The van der Waals surface area contributed by atoms with Crippen molar-refractivity contribution in [2.24, 2.45) is 0 Å². The molecule has 0 rings (SSSR count). The van der Waals surface area contributed by atoms with Crippen LogP contribution in [0.5, 0.6) is 0 Å². The van der Waals surface area contributed by atoms with Crippen LogP contribution < -0.4 is 0 Å². The first-order valence-electron chi connectivity index (χ1n) is 0.463. The van der Waals surface area contributed by atoms with Crippen molar-refractivity contribution in [3.8, 4) is 0 Å². The molecule has 0 aromatic carbocycles. The van der Waals surface area contributed by atoms with Crippen LogP contribution in [-0.2, 0) is 0 Å². The van der Waals surface area contributed by atoms with Crippen LogP contribution in [0.1, 0.15) is 0 Å². The predicted octanol–water partition coefficient (Wildman–Crippen LogP) is 1.69. The van der Waals surface area contributed by atoms with E-state index in [4.69, 9.17) is 25.3 Å². The second kappa shape index (κ2) is 2.98. The second-order valence-electron chi connectivity index (χ2n) is 0.175. The molecular weight excluding hydrogens is 315 g/mol. The van der Waals surface area contributed by atoms with Gasteiger partial charge in [0.05, 0.1) is 0 Å². The summed E-state index contributed by atoms with van der Waals surface area (Å²) in [6.45, 7) is 0. The van der Waals surface area contributed by atoms with Crippen LogP contribution in [0.25, 0.3) is 0 Å². The predicted molar refractivity (Wildman–Crippen MR) is 23.3 cm³/mol. The van der Waals surface area contributed by atoms with Gasteiger partial charge in [-0.1, -0.05) is 0 Å². The summed E-state index contributed by atoms with van der Waals surface area (Å²) in [5.41, 5.74) is 0. The first-order chi connectivity index (χ1) is 1.73. The average Bonchev–Trinajstić information content (AvgIpc) is 0.811. The topological polar surface area (TPSA) is 0 Å².